The van der Waals surface area contributed by atoms with E-state index in [-0.39, 0.29) is 0 Å². The quantitative estimate of drug-likeness (QED) is 0.856. The maximum Gasteiger partial charge on any atom is 0.0601 e. The molecule has 0 unspecified atom stereocenters. The minimum absolute atomic E-state index is 0.793. The Bertz CT molecular complexity index is 593. The molecule has 2 N–H and O–H groups in total. The number of rotatable bonds is 3. The summed E-state index contributed by atoms with van der Waals surface area (Å²) in [4.78, 5) is 2.18. The van der Waals surface area contributed by atoms with Crippen molar-refractivity contribution in [1.29, 1.82) is 0 Å². The van der Waals surface area contributed by atoms with Crippen molar-refractivity contribution in [3.05, 3.63) is 57.6 Å². The lowest BCUT2D eigenvalue weighted by Gasteiger charge is -2.22. The fourth-order valence-electron chi connectivity index (χ4n) is 2.24. The summed E-state index contributed by atoms with van der Waals surface area (Å²) in [5.41, 5.74) is 11.9. The van der Waals surface area contributed by atoms with E-state index < -0.39 is 0 Å². The van der Waals surface area contributed by atoms with E-state index in [9.17, 15) is 0 Å². The zero-order valence-electron chi connectivity index (χ0n) is 11.6. The molecule has 0 amide bonds. The molecule has 0 saturated heterocycles. The highest BCUT2D eigenvalue weighted by Gasteiger charge is 2.08. The summed E-state index contributed by atoms with van der Waals surface area (Å²) in [7, 11) is 2.07. The molecule has 3 heteroatoms. The van der Waals surface area contributed by atoms with Crippen molar-refractivity contribution in [2.75, 3.05) is 17.7 Å². The number of nitrogens with zero attached hydrogens (tertiary/aromatic N) is 1. The average Bonchev–Trinajstić information content (AvgIpc) is 2.32. The molecule has 0 heterocycles. The zero-order valence-corrected chi connectivity index (χ0v) is 13.2. The summed E-state index contributed by atoms with van der Waals surface area (Å²) in [6.45, 7) is 5.13. The Morgan fingerprint density at radius 2 is 1.84 bits per heavy atom. The van der Waals surface area contributed by atoms with Crippen LogP contribution < -0.4 is 10.6 Å². The van der Waals surface area contributed by atoms with Crippen molar-refractivity contribution in [2.24, 2.45) is 0 Å². The molecule has 2 rings (SSSR count). The van der Waals surface area contributed by atoms with Gasteiger partial charge in [-0.05, 0) is 43.2 Å². The van der Waals surface area contributed by atoms with Crippen LogP contribution in [0.5, 0.6) is 0 Å². The molecule has 2 aromatic rings. The summed E-state index contributed by atoms with van der Waals surface area (Å²) in [6, 6.07) is 12.6. The first-order chi connectivity index (χ1) is 8.97. The van der Waals surface area contributed by atoms with E-state index >= 15 is 0 Å². The predicted octanol–water partition coefficient (Wildman–Crippen LogP) is 4.28. The van der Waals surface area contributed by atoms with Gasteiger partial charge in [-0.3, -0.25) is 0 Å². The van der Waals surface area contributed by atoms with Crippen molar-refractivity contribution in [3.8, 4) is 0 Å². The molecular weight excluding hydrogens is 300 g/mol. The Balaban J connectivity index is 2.23. The molecule has 0 fully saturated rings. The molecule has 0 aliphatic rings. The molecule has 0 aromatic heterocycles. The highest BCUT2D eigenvalue weighted by atomic mass is 79.9. The van der Waals surface area contributed by atoms with E-state index in [1.165, 1.54) is 16.7 Å². The smallest absolute Gasteiger partial charge is 0.0601 e. The van der Waals surface area contributed by atoms with Crippen LogP contribution in [0.3, 0.4) is 0 Å². The molecular formula is C16H19BrN2. The van der Waals surface area contributed by atoms with Crippen LogP contribution in [0.25, 0.3) is 0 Å². The van der Waals surface area contributed by atoms with E-state index in [0.29, 0.717) is 0 Å². The monoisotopic (exact) mass is 318 g/mol. The number of nitrogens with two attached hydrogens (primary N) is 1. The summed E-state index contributed by atoms with van der Waals surface area (Å²) < 4.78 is 1.01. The molecule has 0 bridgehead atoms. The van der Waals surface area contributed by atoms with E-state index in [2.05, 4.69) is 59.9 Å². The molecule has 0 spiro atoms. The largest absolute Gasteiger partial charge is 0.397 e. The van der Waals surface area contributed by atoms with Gasteiger partial charge < -0.3 is 10.6 Å². The van der Waals surface area contributed by atoms with Gasteiger partial charge >= 0.3 is 0 Å². The number of halogens is 1. The van der Waals surface area contributed by atoms with Crippen molar-refractivity contribution >= 4 is 27.3 Å². The third-order valence-corrected chi connectivity index (χ3v) is 3.80. The van der Waals surface area contributed by atoms with Gasteiger partial charge in [0.2, 0.25) is 0 Å². The molecule has 0 aliphatic carbocycles. The second-order valence-electron chi connectivity index (χ2n) is 4.99. The molecule has 2 aromatic carbocycles. The maximum atomic E-state index is 6.07. The lowest BCUT2D eigenvalue weighted by Crippen LogP contribution is -2.18. The topological polar surface area (TPSA) is 29.3 Å². The van der Waals surface area contributed by atoms with Crippen molar-refractivity contribution in [1.82, 2.24) is 0 Å². The van der Waals surface area contributed by atoms with E-state index in [1.54, 1.807) is 0 Å². The SMILES string of the molecule is Cc1ccc(CN(C)c2ccc(Br)cc2N)c(C)c1. The Hall–Kier alpha value is -1.48. The normalized spacial score (nSPS) is 10.5. The van der Waals surface area contributed by atoms with Crippen molar-refractivity contribution in [2.45, 2.75) is 20.4 Å². The Morgan fingerprint density at radius 3 is 2.47 bits per heavy atom. The van der Waals surface area contributed by atoms with Crippen LogP contribution in [0.15, 0.2) is 40.9 Å². The minimum atomic E-state index is 0.793. The van der Waals surface area contributed by atoms with Gasteiger partial charge in [0.15, 0.2) is 0 Å². The molecule has 0 radical (unpaired) electrons. The van der Waals surface area contributed by atoms with Gasteiger partial charge in [0, 0.05) is 18.1 Å². The van der Waals surface area contributed by atoms with Crippen LogP contribution >= 0.6 is 15.9 Å². The molecule has 19 heavy (non-hydrogen) atoms. The van der Waals surface area contributed by atoms with Crippen LogP contribution in [0.4, 0.5) is 11.4 Å². The fraction of sp³-hybridized carbons (Fsp3) is 0.250. The summed E-state index contributed by atoms with van der Waals surface area (Å²) in [5, 5.41) is 0. The van der Waals surface area contributed by atoms with Gasteiger partial charge in [-0.2, -0.15) is 0 Å². The van der Waals surface area contributed by atoms with Gasteiger partial charge in [-0.25, -0.2) is 0 Å². The van der Waals surface area contributed by atoms with E-state index in [1.807, 2.05) is 18.2 Å². The van der Waals surface area contributed by atoms with Crippen LogP contribution in [-0.2, 0) is 6.54 Å². The molecule has 0 saturated carbocycles. The Morgan fingerprint density at radius 1 is 1.11 bits per heavy atom. The second-order valence-corrected chi connectivity index (χ2v) is 5.90. The summed E-state index contributed by atoms with van der Waals surface area (Å²) in [5.74, 6) is 0. The zero-order chi connectivity index (χ0) is 14.0. The fourth-order valence-corrected chi connectivity index (χ4v) is 2.62. The highest BCUT2D eigenvalue weighted by Crippen LogP contribution is 2.27. The summed E-state index contributed by atoms with van der Waals surface area (Å²) in [6.07, 6.45) is 0. The predicted molar refractivity (Wildman–Crippen MR) is 86.6 cm³/mol. The lowest BCUT2D eigenvalue weighted by atomic mass is 10.1. The first-order valence-corrected chi connectivity index (χ1v) is 7.09. The van der Waals surface area contributed by atoms with Crippen LogP contribution in [0, 0.1) is 13.8 Å². The first-order valence-electron chi connectivity index (χ1n) is 6.29. The van der Waals surface area contributed by atoms with E-state index in [0.717, 1.165) is 22.4 Å². The maximum absolute atomic E-state index is 6.07. The Kier molecular flexibility index (Phi) is 4.15. The van der Waals surface area contributed by atoms with Gasteiger partial charge in [0.05, 0.1) is 11.4 Å². The van der Waals surface area contributed by atoms with E-state index in [4.69, 9.17) is 5.73 Å². The molecule has 2 nitrogen and oxygen atoms in total. The number of hydrogen-bond donors (Lipinski definition) is 1. The lowest BCUT2D eigenvalue weighted by molar-refractivity contribution is 0.915. The minimum Gasteiger partial charge on any atom is -0.397 e. The molecule has 0 aliphatic heterocycles. The van der Waals surface area contributed by atoms with Gasteiger partial charge in [0.25, 0.3) is 0 Å². The summed E-state index contributed by atoms with van der Waals surface area (Å²) >= 11 is 3.43. The first kappa shape index (κ1) is 13.9. The number of anilines is 2. The van der Waals surface area contributed by atoms with Crippen molar-refractivity contribution in [3.63, 3.8) is 0 Å². The molecule has 100 valence electrons. The second kappa shape index (κ2) is 5.66. The van der Waals surface area contributed by atoms with Gasteiger partial charge in [0.1, 0.15) is 0 Å². The average molecular weight is 319 g/mol. The third kappa shape index (κ3) is 3.29. The number of benzene rings is 2. The van der Waals surface area contributed by atoms with Gasteiger partial charge in [-0.15, -0.1) is 0 Å². The van der Waals surface area contributed by atoms with Crippen LogP contribution in [-0.4, -0.2) is 7.05 Å². The Labute approximate surface area is 123 Å². The molecule has 0 atom stereocenters. The van der Waals surface area contributed by atoms with Crippen LogP contribution in [0.2, 0.25) is 0 Å². The number of hydrogen-bond acceptors (Lipinski definition) is 2. The highest BCUT2D eigenvalue weighted by molar-refractivity contribution is 9.10. The van der Waals surface area contributed by atoms with Crippen LogP contribution in [0.1, 0.15) is 16.7 Å². The van der Waals surface area contributed by atoms with Crippen molar-refractivity contribution < 1.29 is 0 Å². The third-order valence-electron chi connectivity index (χ3n) is 3.31. The number of nitrogen functional groups attached to an aromatic ring is 1. The standard InChI is InChI=1S/C16H19BrN2/c1-11-4-5-13(12(2)8-11)10-19(3)16-7-6-14(17)9-15(16)18/h4-9H,10,18H2,1-3H3. The van der Waals surface area contributed by atoms with Gasteiger partial charge in [-0.1, -0.05) is 39.7 Å². The number of aryl methyl sites for hydroxylation is 2.